The van der Waals surface area contributed by atoms with Gasteiger partial charge in [-0.05, 0) is 49.2 Å². The molecule has 90 valence electrons. The van der Waals surface area contributed by atoms with E-state index in [0.717, 1.165) is 23.5 Å². The Bertz CT molecular complexity index is 162. The summed E-state index contributed by atoms with van der Waals surface area (Å²) in [6.45, 7) is 7.01. The summed E-state index contributed by atoms with van der Waals surface area (Å²) in [7, 11) is 0. The van der Waals surface area contributed by atoms with Crippen molar-refractivity contribution in [2.45, 2.75) is 52.5 Å². The lowest BCUT2D eigenvalue weighted by Gasteiger charge is -2.34. The molecule has 3 atom stereocenters. The highest BCUT2D eigenvalue weighted by Crippen LogP contribution is 2.34. The molecule has 1 saturated carbocycles. The molecule has 0 bridgehead atoms. The summed E-state index contributed by atoms with van der Waals surface area (Å²) in [5.74, 6) is 5.00. The maximum absolute atomic E-state index is 6.29. The minimum absolute atomic E-state index is 0.437. The molecule has 1 aliphatic carbocycles. The molecule has 15 heavy (non-hydrogen) atoms. The van der Waals surface area contributed by atoms with Crippen molar-refractivity contribution in [2.24, 2.45) is 23.5 Å². The molecular formula is C13H27NS. The van der Waals surface area contributed by atoms with Crippen LogP contribution in [0.2, 0.25) is 0 Å². The topological polar surface area (TPSA) is 26.0 Å². The van der Waals surface area contributed by atoms with Gasteiger partial charge < -0.3 is 5.73 Å². The number of hydrogen-bond donors (Lipinski definition) is 1. The van der Waals surface area contributed by atoms with Crippen LogP contribution in [0.25, 0.3) is 0 Å². The van der Waals surface area contributed by atoms with Crippen molar-refractivity contribution in [2.75, 3.05) is 11.5 Å². The Labute approximate surface area is 99.6 Å². The van der Waals surface area contributed by atoms with Crippen molar-refractivity contribution in [1.29, 1.82) is 0 Å². The van der Waals surface area contributed by atoms with Crippen molar-refractivity contribution in [1.82, 2.24) is 0 Å². The van der Waals surface area contributed by atoms with E-state index in [2.05, 4.69) is 20.8 Å². The smallest absolute Gasteiger partial charge is 0.0159 e. The van der Waals surface area contributed by atoms with Crippen molar-refractivity contribution in [3.63, 3.8) is 0 Å². The highest BCUT2D eigenvalue weighted by atomic mass is 32.2. The van der Waals surface area contributed by atoms with E-state index >= 15 is 0 Å². The Morgan fingerprint density at radius 1 is 1.20 bits per heavy atom. The van der Waals surface area contributed by atoms with Crippen molar-refractivity contribution >= 4 is 11.8 Å². The predicted octanol–water partition coefficient (Wildman–Crippen LogP) is 3.53. The van der Waals surface area contributed by atoms with Gasteiger partial charge in [0.2, 0.25) is 0 Å². The molecule has 2 N–H and O–H groups in total. The fourth-order valence-electron chi connectivity index (χ4n) is 2.86. The Hall–Kier alpha value is 0.310. The molecule has 0 heterocycles. The average Bonchev–Trinajstić information content (AvgIpc) is 2.16. The molecule has 1 nitrogen and oxygen atoms in total. The second-order valence-corrected chi connectivity index (χ2v) is 6.57. The molecule has 0 aromatic carbocycles. The Kier molecular flexibility index (Phi) is 6.06. The predicted molar refractivity (Wildman–Crippen MR) is 71.3 cm³/mol. The number of rotatable bonds is 5. The van der Waals surface area contributed by atoms with E-state index in [1.165, 1.54) is 31.4 Å². The summed E-state index contributed by atoms with van der Waals surface area (Å²) in [4.78, 5) is 0. The first-order chi connectivity index (χ1) is 7.13. The zero-order valence-electron chi connectivity index (χ0n) is 10.5. The Balaban J connectivity index is 2.28. The van der Waals surface area contributed by atoms with Crippen LogP contribution in [0.15, 0.2) is 0 Å². The summed E-state index contributed by atoms with van der Waals surface area (Å²) in [6.07, 6.45) is 5.40. The molecule has 0 radical (unpaired) electrons. The molecule has 2 heteroatoms. The quantitative estimate of drug-likeness (QED) is 0.730. The van der Waals surface area contributed by atoms with Gasteiger partial charge in [-0.25, -0.2) is 0 Å². The third-order valence-corrected chi connectivity index (χ3v) is 4.80. The Morgan fingerprint density at radius 2 is 1.80 bits per heavy atom. The van der Waals surface area contributed by atoms with Crippen molar-refractivity contribution in [3.05, 3.63) is 0 Å². The first kappa shape index (κ1) is 13.4. The summed E-state index contributed by atoms with van der Waals surface area (Å²) < 4.78 is 0. The molecule has 3 unspecified atom stereocenters. The van der Waals surface area contributed by atoms with E-state index in [9.17, 15) is 0 Å². The summed E-state index contributed by atoms with van der Waals surface area (Å²) in [5, 5.41) is 0. The number of thioether (sulfide) groups is 1. The fourth-order valence-corrected chi connectivity index (χ4v) is 3.86. The van der Waals surface area contributed by atoms with Gasteiger partial charge in [0.25, 0.3) is 0 Å². The minimum Gasteiger partial charge on any atom is -0.327 e. The van der Waals surface area contributed by atoms with Crippen LogP contribution in [0.5, 0.6) is 0 Å². The third kappa shape index (κ3) is 4.78. The van der Waals surface area contributed by atoms with Gasteiger partial charge in [0.15, 0.2) is 0 Å². The normalized spacial score (nSPS) is 34.0. The van der Waals surface area contributed by atoms with Gasteiger partial charge >= 0.3 is 0 Å². The molecular weight excluding hydrogens is 202 g/mol. The van der Waals surface area contributed by atoms with Crippen LogP contribution in [0.4, 0.5) is 0 Å². The monoisotopic (exact) mass is 229 g/mol. The Morgan fingerprint density at radius 3 is 2.33 bits per heavy atom. The van der Waals surface area contributed by atoms with Gasteiger partial charge in [0.1, 0.15) is 0 Å². The van der Waals surface area contributed by atoms with E-state index in [-0.39, 0.29) is 0 Å². The summed E-state index contributed by atoms with van der Waals surface area (Å²) in [5.41, 5.74) is 6.29. The minimum atomic E-state index is 0.437. The van der Waals surface area contributed by atoms with E-state index in [1.807, 2.05) is 11.8 Å². The molecule has 0 aliphatic heterocycles. The number of nitrogens with two attached hydrogens (primary N) is 1. The first-order valence-electron chi connectivity index (χ1n) is 6.46. The summed E-state index contributed by atoms with van der Waals surface area (Å²) in [6, 6.07) is 0.437. The van der Waals surface area contributed by atoms with Gasteiger partial charge in [-0.1, -0.05) is 20.8 Å². The highest BCUT2D eigenvalue weighted by molar-refractivity contribution is 7.99. The number of hydrogen-bond acceptors (Lipinski definition) is 2. The van der Waals surface area contributed by atoms with Gasteiger partial charge in [-0.2, -0.15) is 11.8 Å². The average molecular weight is 229 g/mol. The molecule has 1 rings (SSSR count). The van der Waals surface area contributed by atoms with E-state index in [4.69, 9.17) is 5.73 Å². The van der Waals surface area contributed by atoms with Crippen LogP contribution < -0.4 is 5.73 Å². The van der Waals surface area contributed by atoms with Crippen LogP contribution in [0.3, 0.4) is 0 Å². The standard InChI is InChI=1S/C13H27NS/c1-4-5-15-9-13(14)12-7-10(2)6-11(3)8-12/h10-13H,4-9,14H2,1-3H3. The van der Waals surface area contributed by atoms with E-state index < -0.39 is 0 Å². The van der Waals surface area contributed by atoms with E-state index in [0.29, 0.717) is 6.04 Å². The van der Waals surface area contributed by atoms with Crippen molar-refractivity contribution in [3.8, 4) is 0 Å². The molecule has 1 aliphatic rings. The molecule has 0 aromatic heterocycles. The molecule has 0 spiro atoms. The highest BCUT2D eigenvalue weighted by Gasteiger charge is 2.27. The van der Waals surface area contributed by atoms with Gasteiger partial charge in [0, 0.05) is 11.8 Å². The lowest BCUT2D eigenvalue weighted by molar-refractivity contribution is 0.200. The maximum atomic E-state index is 6.29. The SMILES string of the molecule is CCCSCC(N)C1CC(C)CC(C)C1. The van der Waals surface area contributed by atoms with Crippen LogP contribution in [0, 0.1) is 17.8 Å². The zero-order chi connectivity index (χ0) is 11.3. The van der Waals surface area contributed by atoms with Gasteiger partial charge in [-0.3, -0.25) is 0 Å². The first-order valence-corrected chi connectivity index (χ1v) is 7.62. The lowest BCUT2D eigenvalue weighted by atomic mass is 9.74. The lowest BCUT2D eigenvalue weighted by Crippen LogP contribution is -2.37. The third-order valence-electron chi connectivity index (χ3n) is 3.48. The molecule has 0 saturated heterocycles. The van der Waals surface area contributed by atoms with Crippen LogP contribution in [0.1, 0.15) is 46.5 Å². The molecule has 1 fully saturated rings. The molecule has 0 aromatic rings. The zero-order valence-corrected chi connectivity index (χ0v) is 11.4. The maximum Gasteiger partial charge on any atom is 0.0159 e. The van der Waals surface area contributed by atoms with Crippen LogP contribution in [-0.4, -0.2) is 17.5 Å². The van der Waals surface area contributed by atoms with Crippen LogP contribution >= 0.6 is 11.8 Å². The second kappa shape index (κ2) is 6.80. The largest absolute Gasteiger partial charge is 0.327 e. The van der Waals surface area contributed by atoms with Gasteiger partial charge in [-0.15, -0.1) is 0 Å². The summed E-state index contributed by atoms with van der Waals surface area (Å²) >= 11 is 2.03. The second-order valence-electron chi connectivity index (χ2n) is 5.42. The molecule has 0 amide bonds. The van der Waals surface area contributed by atoms with Gasteiger partial charge in [0.05, 0.1) is 0 Å². The van der Waals surface area contributed by atoms with E-state index in [1.54, 1.807) is 0 Å². The van der Waals surface area contributed by atoms with Crippen LogP contribution in [-0.2, 0) is 0 Å². The fraction of sp³-hybridized carbons (Fsp3) is 1.00. The van der Waals surface area contributed by atoms with Crippen molar-refractivity contribution < 1.29 is 0 Å².